The molecule has 0 radical (unpaired) electrons. The molecule has 3 heterocycles. The zero-order valence-corrected chi connectivity index (χ0v) is 17.7. The van der Waals surface area contributed by atoms with Crippen LogP contribution in [0, 0.1) is 19.8 Å². The number of nitrogens with one attached hydrogen (secondary N) is 2. The summed E-state index contributed by atoms with van der Waals surface area (Å²) in [4.78, 5) is 34.5. The highest BCUT2D eigenvalue weighted by atomic mass is 16.2. The Kier molecular flexibility index (Phi) is 6.40. The number of rotatable bonds is 4. The maximum Gasteiger partial charge on any atom is 0.313 e. The van der Waals surface area contributed by atoms with Crippen molar-refractivity contribution in [3.63, 3.8) is 0 Å². The molecular formula is C23H29N5O2. The van der Waals surface area contributed by atoms with Crippen LogP contribution >= 0.6 is 0 Å². The normalized spacial score (nSPS) is 19.1. The molecule has 2 aromatic heterocycles. The summed E-state index contributed by atoms with van der Waals surface area (Å²) in [6.07, 6.45) is 8.96. The Bertz CT molecular complexity index is 991. The molecule has 0 spiro atoms. The lowest BCUT2D eigenvalue weighted by molar-refractivity contribution is -0.145. The number of hydrogen-bond donors (Lipinski definition) is 3. The van der Waals surface area contributed by atoms with E-state index in [-0.39, 0.29) is 6.04 Å². The third-order valence-corrected chi connectivity index (χ3v) is 5.54. The molecule has 7 nitrogen and oxygen atoms in total. The first-order valence-corrected chi connectivity index (χ1v) is 10.1. The maximum atomic E-state index is 13.0. The fourth-order valence-corrected chi connectivity index (χ4v) is 3.67. The van der Waals surface area contributed by atoms with Gasteiger partial charge in [0.25, 0.3) is 0 Å². The number of amides is 2. The number of carbonyl (C=O) groups excluding carboxylic acids is 2. The summed E-state index contributed by atoms with van der Waals surface area (Å²) in [6.45, 7) is 10.6. The Morgan fingerprint density at radius 3 is 2.77 bits per heavy atom. The highest BCUT2D eigenvalue weighted by Gasteiger charge is 2.34. The van der Waals surface area contributed by atoms with Crippen LogP contribution in [0.2, 0.25) is 0 Å². The van der Waals surface area contributed by atoms with Crippen molar-refractivity contribution in [3.05, 3.63) is 59.6 Å². The minimum atomic E-state index is -0.683. The molecule has 0 aromatic carbocycles. The first kappa shape index (κ1) is 21.4. The Balaban J connectivity index is 1.74. The second kappa shape index (κ2) is 8.98. The van der Waals surface area contributed by atoms with Crippen molar-refractivity contribution in [3.8, 4) is 0 Å². The number of carbonyl (C=O) groups is 2. The van der Waals surface area contributed by atoms with Crippen LogP contribution in [0.3, 0.4) is 0 Å². The third-order valence-electron chi connectivity index (χ3n) is 5.54. The van der Waals surface area contributed by atoms with Gasteiger partial charge in [0.05, 0.1) is 17.9 Å². The molecule has 0 unspecified atom stereocenters. The van der Waals surface area contributed by atoms with E-state index in [1.807, 2.05) is 31.3 Å². The standard InChI is InChI=1S/C23H29N5O2/c1-14-5-8-20(16(3)6-7-19-15(2)9-10-25-19)28(13-14)23(30)22(29)27-18-11-17(4)21(24)26-12-18/h6-7,9-12,14,20,25H,3,5,8,13H2,1-2,4H3,(H2,24,26)(H,27,29)/b7-6-/t14-,20+/m1/s1. The number of piperidine rings is 1. The molecule has 2 atom stereocenters. The molecule has 1 aliphatic heterocycles. The van der Waals surface area contributed by atoms with Crippen molar-refractivity contribution in [1.82, 2.24) is 14.9 Å². The molecule has 2 aromatic rings. The number of aromatic amines is 1. The van der Waals surface area contributed by atoms with Crippen molar-refractivity contribution in [2.24, 2.45) is 5.92 Å². The van der Waals surface area contributed by atoms with Crippen LogP contribution in [-0.4, -0.2) is 39.3 Å². The molecule has 158 valence electrons. The monoisotopic (exact) mass is 407 g/mol. The van der Waals surface area contributed by atoms with Gasteiger partial charge in [0.15, 0.2) is 0 Å². The molecule has 0 aliphatic carbocycles. The number of hydrogen-bond acceptors (Lipinski definition) is 4. The molecule has 3 rings (SSSR count). The zero-order chi connectivity index (χ0) is 21.8. The number of nitrogens with zero attached hydrogens (tertiary/aromatic N) is 2. The van der Waals surface area contributed by atoms with E-state index in [9.17, 15) is 9.59 Å². The number of H-pyrrole nitrogens is 1. The Hall–Kier alpha value is -3.35. The van der Waals surface area contributed by atoms with E-state index in [2.05, 4.69) is 28.8 Å². The van der Waals surface area contributed by atoms with Crippen LogP contribution < -0.4 is 11.1 Å². The van der Waals surface area contributed by atoms with Gasteiger partial charge < -0.3 is 20.9 Å². The quantitative estimate of drug-likeness (QED) is 0.533. The lowest BCUT2D eigenvalue weighted by atomic mass is 9.90. The summed E-state index contributed by atoms with van der Waals surface area (Å²) in [7, 11) is 0. The van der Waals surface area contributed by atoms with Crippen molar-refractivity contribution in [2.45, 2.75) is 39.7 Å². The van der Waals surface area contributed by atoms with Crippen LogP contribution in [0.15, 0.2) is 42.8 Å². The average Bonchev–Trinajstić information content (AvgIpc) is 3.13. The van der Waals surface area contributed by atoms with Crippen LogP contribution in [0.5, 0.6) is 0 Å². The highest BCUT2D eigenvalue weighted by Crippen LogP contribution is 2.27. The SMILES string of the molecule is C=C(/C=C\c1[nH]ccc1C)[C@@H]1CC[C@@H](C)CN1C(=O)C(=O)Nc1cnc(N)c(C)c1. The molecule has 2 amide bonds. The van der Waals surface area contributed by atoms with E-state index in [0.717, 1.165) is 35.2 Å². The van der Waals surface area contributed by atoms with Crippen LogP contribution in [-0.2, 0) is 9.59 Å². The van der Waals surface area contributed by atoms with Gasteiger partial charge >= 0.3 is 11.8 Å². The molecular weight excluding hydrogens is 378 g/mol. The van der Waals surface area contributed by atoms with Gasteiger partial charge in [-0.2, -0.15) is 0 Å². The highest BCUT2D eigenvalue weighted by molar-refractivity contribution is 6.39. The number of nitrogen functional groups attached to an aromatic ring is 1. The second-order valence-corrected chi connectivity index (χ2v) is 8.02. The lowest BCUT2D eigenvalue weighted by Gasteiger charge is -2.38. The number of aromatic nitrogens is 2. The van der Waals surface area contributed by atoms with E-state index >= 15 is 0 Å². The Morgan fingerprint density at radius 1 is 1.33 bits per heavy atom. The summed E-state index contributed by atoms with van der Waals surface area (Å²) in [5.74, 6) is -0.533. The van der Waals surface area contributed by atoms with E-state index in [1.165, 1.54) is 6.20 Å². The van der Waals surface area contributed by atoms with Gasteiger partial charge in [-0.3, -0.25) is 9.59 Å². The molecule has 1 aliphatic rings. The van der Waals surface area contributed by atoms with Gasteiger partial charge in [0.2, 0.25) is 0 Å². The summed E-state index contributed by atoms with van der Waals surface area (Å²) >= 11 is 0. The Labute approximate surface area is 177 Å². The largest absolute Gasteiger partial charge is 0.383 e. The van der Waals surface area contributed by atoms with Crippen LogP contribution in [0.25, 0.3) is 6.08 Å². The molecule has 7 heteroatoms. The van der Waals surface area contributed by atoms with E-state index in [1.54, 1.807) is 17.9 Å². The first-order chi connectivity index (χ1) is 14.3. The van der Waals surface area contributed by atoms with E-state index in [4.69, 9.17) is 5.73 Å². The molecule has 0 saturated carbocycles. The van der Waals surface area contributed by atoms with Gasteiger partial charge in [-0.15, -0.1) is 0 Å². The fourth-order valence-electron chi connectivity index (χ4n) is 3.67. The third kappa shape index (κ3) is 4.79. The van der Waals surface area contributed by atoms with E-state index < -0.39 is 11.8 Å². The van der Waals surface area contributed by atoms with Gasteiger partial charge in [-0.25, -0.2) is 4.98 Å². The number of pyridine rings is 1. The van der Waals surface area contributed by atoms with Crippen LogP contribution in [0.4, 0.5) is 11.5 Å². The van der Waals surface area contributed by atoms with Crippen molar-refractivity contribution in [2.75, 3.05) is 17.6 Å². The first-order valence-electron chi connectivity index (χ1n) is 10.1. The molecule has 30 heavy (non-hydrogen) atoms. The molecule has 1 fully saturated rings. The second-order valence-electron chi connectivity index (χ2n) is 8.02. The number of nitrogens with two attached hydrogens (primary N) is 1. The van der Waals surface area contributed by atoms with Crippen molar-refractivity contribution >= 4 is 29.4 Å². The molecule has 4 N–H and O–H groups in total. The maximum absolute atomic E-state index is 13.0. The fraction of sp³-hybridized carbons (Fsp3) is 0.348. The van der Waals surface area contributed by atoms with Crippen molar-refractivity contribution in [1.29, 1.82) is 0 Å². The zero-order valence-electron chi connectivity index (χ0n) is 17.7. The number of likely N-dealkylation sites (tertiary alicyclic amines) is 1. The summed E-state index contributed by atoms with van der Waals surface area (Å²) < 4.78 is 0. The summed E-state index contributed by atoms with van der Waals surface area (Å²) in [6, 6.07) is 3.49. The number of aryl methyl sites for hydroxylation is 2. The summed E-state index contributed by atoms with van der Waals surface area (Å²) in [5, 5.41) is 2.64. The Morgan fingerprint density at radius 2 is 2.10 bits per heavy atom. The summed E-state index contributed by atoms with van der Waals surface area (Å²) in [5.41, 5.74) is 9.85. The molecule has 0 bridgehead atoms. The predicted molar refractivity (Wildman–Crippen MR) is 120 cm³/mol. The smallest absolute Gasteiger partial charge is 0.313 e. The van der Waals surface area contributed by atoms with Crippen molar-refractivity contribution < 1.29 is 9.59 Å². The minimum absolute atomic E-state index is 0.211. The minimum Gasteiger partial charge on any atom is -0.383 e. The van der Waals surface area contributed by atoms with Gasteiger partial charge in [0, 0.05) is 18.4 Å². The predicted octanol–water partition coefficient (Wildman–Crippen LogP) is 3.44. The molecule has 1 saturated heterocycles. The topological polar surface area (TPSA) is 104 Å². The van der Waals surface area contributed by atoms with Crippen LogP contribution in [0.1, 0.15) is 36.6 Å². The van der Waals surface area contributed by atoms with E-state index in [0.29, 0.717) is 24.0 Å². The van der Waals surface area contributed by atoms with Gasteiger partial charge in [-0.05, 0) is 67.5 Å². The number of anilines is 2. The average molecular weight is 408 g/mol. The van der Waals surface area contributed by atoms with Gasteiger partial charge in [-0.1, -0.05) is 19.6 Å². The lowest BCUT2D eigenvalue weighted by Crippen LogP contribution is -2.50. The van der Waals surface area contributed by atoms with Gasteiger partial charge in [0.1, 0.15) is 5.82 Å².